The molecule has 2 aromatic carbocycles. The van der Waals surface area contributed by atoms with Crippen LogP contribution in [0.4, 0.5) is 5.69 Å². The van der Waals surface area contributed by atoms with Crippen LogP contribution in [0.15, 0.2) is 46.9 Å². The Balaban J connectivity index is 2.08. The van der Waals surface area contributed by atoms with Crippen LogP contribution in [-0.4, -0.2) is 10.9 Å². The first kappa shape index (κ1) is 15.7. The van der Waals surface area contributed by atoms with Gasteiger partial charge in [0.15, 0.2) is 0 Å². The maximum absolute atomic E-state index is 12.2. The molecular weight excluding hydrogens is 348 g/mol. The van der Waals surface area contributed by atoms with E-state index in [2.05, 4.69) is 21.2 Å². The average molecular weight is 363 g/mol. The van der Waals surface area contributed by atoms with E-state index < -0.39 is 0 Å². The zero-order valence-electron chi connectivity index (χ0n) is 11.5. The van der Waals surface area contributed by atoms with Crippen LogP contribution in [0.3, 0.4) is 0 Å². The molecule has 0 bridgehead atoms. The zero-order valence-corrected chi connectivity index (χ0v) is 13.9. The quantitative estimate of drug-likeness (QED) is 0.812. The van der Waals surface area contributed by atoms with Crippen molar-refractivity contribution in [3.8, 4) is 0 Å². The molecule has 3 nitrogen and oxygen atoms in total. The van der Waals surface area contributed by atoms with Crippen molar-refractivity contribution in [1.29, 1.82) is 0 Å². The van der Waals surface area contributed by atoms with Gasteiger partial charge in [0, 0.05) is 22.1 Å². The van der Waals surface area contributed by atoms with Crippen LogP contribution in [-0.2, 0) is 6.42 Å². The molecule has 0 spiro atoms. The van der Waals surface area contributed by atoms with Crippen LogP contribution in [0.2, 0.25) is 0 Å². The van der Waals surface area contributed by atoms with E-state index >= 15 is 0 Å². The Morgan fingerprint density at radius 2 is 1.90 bits per heavy atom. The molecule has 2 aromatic rings. The molecule has 108 valence electrons. The first-order chi connectivity index (χ1) is 9.95. The van der Waals surface area contributed by atoms with Crippen molar-refractivity contribution in [2.75, 3.05) is 5.32 Å². The molecule has 0 saturated heterocycles. The predicted octanol–water partition coefficient (Wildman–Crippen LogP) is 3.84. The molecule has 0 unspecified atom stereocenters. The van der Waals surface area contributed by atoms with E-state index in [0.29, 0.717) is 17.0 Å². The van der Waals surface area contributed by atoms with Gasteiger partial charge in [-0.15, -0.1) is 0 Å². The summed E-state index contributed by atoms with van der Waals surface area (Å²) in [5, 5.41) is 2.87. The Kier molecular flexibility index (Phi) is 5.09. The van der Waals surface area contributed by atoms with E-state index in [1.165, 1.54) is 0 Å². The molecule has 0 aromatic heterocycles. The molecule has 5 heteroatoms. The second-order valence-electron chi connectivity index (χ2n) is 4.76. The number of rotatable bonds is 4. The summed E-state index contributed by atoms with van der Waals surface area (Å²) in [7, 11) is 0. The summed E-state index contributed by atoms with van der Waals surface area (Å²) < 4.78 is 0.987. The molecule has 0 aliphatic carbocycles. The summed E-state index contributed by atoms with van der Waals surface area (Å²) in [6.45, 7) is 1.95. The third-order valence-corrected chi connectivity index (χ3v) is 4.04. The van der Waals surface area contributed by atoms with Crippen molar-refractivity contribution in [2.45, 2.75) is 13.3 Å². The van der Waals surface area contributed by atoms with Crippen LogP contribution in [0.5, 0.6) is 0 Å². The highest BCUT2D eigenvalue weighted by atomic mass is 79.9. The van der Waals surface area contributed by atoms with Gasteiger partial charge in [-0.25, -0.2) is 0 Å². The summed E-state index contributed by atoms with van der Waals surface area (Å²) >= 11 is 8.29. The molecule has 0 radical (unpaired) electrons. The van der Waals surface area contributed by atoms with Gasteiger partial charge in [0.05, 0.1) is 4.99 Å². The smallest absolute Gasteiger partial charge is 0.255 e. The average Bonchev–Trinajstić information content (AvgIpc) is 2.43. The Morgan fingerprint density at radius 3 is 2.48 bits per heavy atom. The first-order valence-electron chi connectivity index (χ1n) is 6.40. The topological polar surface area (TPSA) is 55.1 Å². The van der Waals surface area contributed by atoms with Gasteiger partial charge >= 0.3 is 0 Å². The minimum absolute atomic E-state index is 0.132. The fraction of sp³-hybridized carbons (Fsp3) is 0.125. The molecule has 3 N–H and O–H groups in total. The lowest BCUT2D eigenvalue weighted by Crippen LogP contribution is -2.13. The Labute approximate surface area is 137 Å². The van der Waals surface area contributed by atoms with Gasteiger partial charge in [0.25, 0.3) is 5.91 Å². The standard InChI is InChI=1S/C16H15BrN2OS/c1-10-8-12(4-7-14(10)17)16(20)19-13-5-2-11(3-6-13)9-15(18)21/h2-8H,9H2,1H3,(H2,18,21)(H,19,20). The summed E-state index contributed by atoms with van der Waals surface area (Å²) in [6.07, 6.45) is 0.565. The largest absolute Gasteiger partial charge is 0.393 e. The number of benzene rings is 2. The molecule has 0 saturated carbocycles. The molecule has 0 aliphatic heterocycles. The molecule has 21 heavy (non-hydrogen) atoms. The molecule has 0 aliphatic rings. The number of aryl methyl sites for hydroxylation is 1. The molecule has 0 fully saturated rings. The third kappa shape index (κ3) is 4.37. The Hall–Kier alpha value is -1.72. The monoisotopic (exact) mass is 362 g/mol. The molecule has 1 amide bonds. The number of carbonyl (C=O) groups excluding carboxylic acids is 1. The van der Waals surface area contributed by atoms with Gasteiger partial charge in [0.2, 0.25) is 0 Å². The number of amides is 1. The number of nitrogens with one attached hydrogen (secondary N) is 1. The van der Waals surface area contributed by atoms with Crippen LogP contribution in [0.1, 0.15) is 21.5 Å². The van der Waals surface area contributed by atoms with E-state index in [-0.39, 0.29) is 5.91 Å². The van der Waals surface area contributed by atoms with E-state index in [1.807, 2.05) is 43.3 Å². The fourth-order valence-corrected chi connectivity index (χ4v) is 2.31. The first-order valence-corrected chi connectivity index (χ1v) is 7.60. The van der Waals surface area contributed by atoms with Crippen LogP contribution < -0.4 is 11.1 Å². The highest BCUT2D eigenvalue weighted by Gasteiger charge is 2.07. The molecule has 0 heterocycles. The van der Waals surface area contributed by atoms with Gasteiger partial charge in [0.1, 0.15) is 0 Å². The van der Waals surface area contributed by atoms with Crippen molar-refractivity contribution in [3.05, 3.63) is 63.6 Å². The van der Waals surface area contributed by atoms with Crippen molar-refractivity contribution in [1.82, 2.24) is 0 Å². The number of anilines is 1. The van der Waals surface area contributed by atoms with Gasteiger partial charge < -0.3 is 11.1 Å². The number of nitrogens with two attached hydrogens (primary N) is 1. The SMILES string of the molecule is Cc1cc(C(=O)Nc2ccc(CC(N)=S)cc2)ccc1Br. The third-order valence-electron chi connectivity index (χ3n) is 3.01. The summed E-state index contributed by atoms with van der Waals surface area (Å²) in [5.74, 6) is -0.132. The lowest BCUT2D eigenvalue weighted by molar-refractivity contribution is 0.102. The van der Waals surface area contributed by atoms with Gasteiger partial charge in [-0.2, -0.15) is 0 Å². The van der Waals surface area contributed by atoms with Crippen LogP contribution >= 0.6 is 28.1 Å². The van der Waals surface area contributed by atoms with E-state index in [0.717, 1.165) is 21.3 Å². The van der Waals surface area contributed by atoms with Crippen LogP contribution in [0.25, 0.3) is 0 Å². The predicted molar refractivity (Wildman–Crippen MR) is 93.8 cm³/mol. The fourth-order valence-electron chi connectivity index (χ4n) is 1.90. The van der Waals surface area contributed by atoms with Gasteiger partial charge in [-0.3, -0.25) is 4.79 Å². The summed E-state index contributed by atoms with van der Waals surface area (Å²) in [5.41, 5.74) is 8.92. The highest BCUT2D eigenvalue weighted by molar-refractivity contribution is 9.10. The number of carbonyl (C=O) groups is 1. The van der Waals surface area contributed by atoms with Crippen molar-refractivity contribution in [2.24, 2.45) is 5.73 Å². The number of hydrogen-bond donors (Lipinski definition) is 2. The second kappa shape index (κ2) is 6.83. The van der Waals surface area contributed by atoms with Crippen molar-refractivity contribution in [3.63, 3.8) is 0 Å². The van der Waals surface area contributed by atoms with Crippen molar-refractivity contribution >= 4 is 44.7 Å². The maximum atomic E-state index is 12.2. The second-order valence-corrected chi connectivity index (χ2v) is 6.14. The van der Waals surface area contributed by atoms with Gasteiger partial charge in [-0.05, 0) is 48.4 Å². The molecule has 0 atom stereocenters. The van der Waals surface area contributed by atoms with Crippen LogP contribution in [0, 0.1) is 6.92 Å². The van der Waals surface area contributed by atoms with E-state index in [4.69, 9.17) is 18.0 Å². The summed E-state index contributed by atoms with van der Waals surface area (Å²) in [4.78, 5) is 12.6. The van der Waals surface area contributed by atoms with E-state index in [1.54, 1.807) is 6.07 Å². The molecular formula is C16H15BrN2OS. The minimum atomic E-state index is -0.132. The van der Waals surface area contributed by atoms with Gasteiger partial charge in [-0.1, -0.05) is 40.3 Å². The zero-order chi connectivity index (χ0) is 15.4. The number of halogens is 1. The Morgan fingerprint density at radius 1 is 1.24 bits per heavy atom. The Bertz CT molecular complexity index is 683. The molecule has 2 rings (SSSR count). The maximum Gasteiger partial charge on any atom is 0.255 e. The van der Waals surface area contributed by atoms with E-state index in [9.17, 15) is 4.79 Å². The number of thiocarbonyl (C=S) groups is 1. The van der Waals surface area contributed by atoms with Crippen molar-refractivity contribution < 1.29 is 4.79 Å². The number of hydrogen-bond acceptors (Lipinski definition) is 2. The minimum Gasteiger partial charge on any atom is -0.393 e. The summed E-state index contributed by atoms with van der Waals surface area (Å²) in [6, 6.07) is 13.0. The highest BCUT2D eigenvalue weighted by Crippen LogP contribution is 2.18. The normalized spacial score (nSPS) is 10.2. The lowest BCUT2D eigenvalue weighted by Gasteiger charge is -2.08. The lowest BCUT2D eigenvalue weighted by atomic mass is 10.1.